The second kappa shape index (κ2) is 16.2. The minimum atomic E-state index is -0.874. The lowest BCUT2D eigenvalue weighted by molar-refractivity contribution is 0.472. The molecule has 0 bridgehead atoms. The van der Waals surface area contributed by atoms with Gasteiger partial charge in [-0.1, -0.05) is 148 Å². The summed E-state index contributed by atoms with van der Waals surface area (Å²) in [6.07, 6.45) is 1.91. The Balaban J connectivity index is 1.32. The van der Waals surface area contributed by atoms with Gasteiger partial charge in [-0.25, -0.2) is 4.98 Å². The van der Waals surface area contributed by atoms with Gasteiger partial charge in [-0.2, -0.15) is 0 Å². The summed E-state index contributed by atoms with van der Waals surface area (Å²) in [5, 5.41) is 11.7. The number of nitrogens with zero attached hydrogens (tertiary/aromatic N) is 3. The summed E-state index contributed by atoms with van der Waals surface area (Å²) in [5.74, 6) is -0.910. The van der Waals surface area contributed by atoms with Crippen molar-refractivity contribution in [2.45, 2.75) is 106 Å². The van der Waals surface area contributed by atoms with Gasteiger partial charge in [0.25, 0.3) is 0 Å². The van der Waals surface area contributed by atoms with E-state index in [1.54, 1.807) is 0 Å². The highest BCUT2D eigenvalue weighted by molar-refractivity contribution is 5.97. The van der Waals surface area contributed by atoms with E-state index in [4.69, 9.17) is 12.7 Å². The van der Waals surface area contributed by atoms with Gasteiger partial charge >= 0.3 is 0 Å². The highest BCUT2D eigenvalue weighted by atomic mass is 16.3. The zero-order chi connectivity index (χ0) is 46.1. The van der Waals surface area contributed by atoms with Crippen LogP contribution in [0.3, 0.4) is 0 Å². The molecule has 1 N–H and O–H groups in total. The SMILES string of the molecule is [2H]C(C)(C)c1cccc(C([2H])(C)C)c1-c1ccc(-n2c(-c3cc(C)cc(C)c3O)nc3c(-c4cc(-c5cc(-c6ccc(C(C)(C)C)cc6)ccn5)cc(C(C)(C)C)c4)cccc32)cc1. The summed E-state index contributed by atoms with van der Waals surface area (Å²) >= 11 is 0. The van der Waals surface area contributed by atoms with E-state index in [0.717, 1.165) is 83.6 Å². The molecule has 2 heterocycles. The van der Waals surface area contributed by atoms with Gasteiger partial charge in [0.1, 0.15) is 11.6 Å². The minimum Gasteiger partial charge on any atom is -0.507 e. The molecule has 6 aromatic carbocycles. The molecule has 0 atom stereocenters. The fourth-order valence-electron chi connectivity index (χ4n) is 8.67. The molecule has 0 saturated heterocycles. The van der Waals surface area contributed by atoms with Crippen molar-refractivity contribution in [1.29, 1.82) is 0 Å². The quantitative estimate of drug-likeness (QED) is 0.166. The molecule has 4 heteroatoms. The van der Waals surface area contributed by atoms with Crippen molar-refractivity contribution in [3.8, 4) is 67.5 Å². The van der Waals surface area contributed by atoms with Crippen LogP contribution in [-0.2, 0) is 10.8 Å². The van der Waals surface area contributed by atoms with Crippen LogP contribution in [0.5, 0.6) is 5.75 Å². The van der Waals surface area contributed by atoms with E-state index in [1.807, 2.05) is 78.1 Å². The molecule has 62 heavy (non-hydrogen) atoms. The highest BCUT2D eigenvalue weighted by Crippen LogP contribution is 2.42. The van der Waals surface area contributed by atoms with E-state index < -0.39 is 11.8 Å². The van der Waals surface area contributed by atoms with Crippen LogP contribution in [-0.4, -0.2) is 19.6 Å². The lowest BCUT2D eigenvalue weighted by atomic mass is 9.83. The van der Waals surface area contributed by atoms with Gasteiger partial charge < -0.3 is 5.11 Å². The average molecular weight is 818 g/mol. The monoisotopic (exact) mass is 817 g/mol. The highest BCUT2D eigenvalue weighted by Gasteiger charge is 2.24. The number of fused-ring (bicyclic) bond motifs is 1. The van der Waals surface area contributed by atoms with E-state index in [0.29, 0.717) is 11.4 Å². The third-order valence-corrected chi connectivity index (χ3v) is 12.2. The maximum Gasteiger partial charge on any atom is 0.149 e. The average Bonchev–Trinajstić information content (AvgIpc) is 3.63. The summed E-state index contributed by atoms with van der Waals surface area (Å²) in [6.45, 7) is 25.0. The van der Waals surface area contributed by atoms with Crippen molar-refractivity contribution in [3.05, 3.63) is 167 Å². The summed E-state index contributed by atoms with van der Waals surface area (Å²) < 4.78 is 20.3. The van der Waals surface area contributed by atoms with E-state index >= 15 is 0 Å². The van der Waals surface area contributed by atoms with Crippen LogP contribution >= 0.6 is 0 Å². The first-order valence-electron chi connectivity index (χ1n) is 22.8. The van der Waals surface area contributed by atoms with Gasteiger partial charge in [0.2, 0.25) is 0 Å². The van der Waals surface area contributed by atoms with Gasteiger partial charge in [-0.3, -0.25) is 9.55 Å². The Hall–Kier alpha value is -6.26. The Labute approximate surface area is 372 Å². The number of para-hydroxylation sites is 1. The first kappa shape index (κ1) is 39.9. The molecule has 0 aliphatic heterocycles. The number of phenols is 1. The molecule has 0 saturated carbocycles. The fourth-order valence-corrected chi connectivity index (χ4v) is 8.67. The zero-order valence-corrected chi connectivity index (χ0v) is 38.5. The zero-order valence-electron chi connectivity index (χ0n) is 40.5. The second-order valence-electron chi connectivity index (χ2n) is 19.5. The van der Waals surface area contributed by atoms with Crippen LogP contribution < -0.4 is 0 Å². The topological polar surface area (TPSA) is 50.9 Å². The van der Waals surface area contributed by atoms with Gasteiger partial charge in [-0.05, 0) is 146 Å². The number of pyridine rings is 1. The normalized spacial score (nSPS) is 13.0. The molecule has 0 amide bonds. The van der Waals surface area contributed by atoms with E-state index in [9.17, 15) is 5.11 Å². The van der Waals surface area contributed by atoms with Gasteiger partial charge in [0.15, 0.2) is 0 Å². The number of aryl methyl sites for hydroxylation is 2. The number of benzene rings is 6. The molecule has 0 aliphatic carbocycles. The Morgan fingerprint density at radius 1 is 0.581 bits per heavy atom. The van der Waals surface area contributed by atoms with Crippen LogP contribution in [0.4, 0.5) is 0 Å². The minimum absolute atomic E-state index is 0.0765. The van der Waals surface area contributed by atoms with Crippen LogP contribution in [0.15, 0.2) is 134 Å². The summed E-state index contributed by atoms with van der Waals surface area (Å²) in [6, 6.07) is 44.6. The van der Waals surface area contributed by atoms with Crippen molar-refractivity contribution in [1.82, 2.24) is 14.5 Å². The molecule has 0 fully saturated rings. The lowest BCUT2D eigenvalue weighted by Gasteiger charge is -2.22. The first-order chi connectivity index (χ1) is 30.0. The maximum atomic E-state index is 11.7. The predicted octanol–water partition coefficient (Wildman–Crippen LogP) is 15.9. The van der Waals surface area contributed by atoms with Crippen molar-refractivity contribution >= 4 is 11.0 Å². The molecule has 314 valence electrons. The summed E-state index contributed by atoms with van der Waals surface area (Å²) in [4.78, 5) is 10.4. The Morgan fingerprint density at radius 2 is 1.19 bits per heavy atom. The van der Waals surface area contributed by atoms with Crippen molar-refractivity contribution in [2.75, 3.05) is 0 Å². The number of rotatable bonds is 8. The van der Waals surface area contributed by atoms with Crippen LogP contribution in [0.25, 0.3) is 72.7 Å². The number of hydrogen-bond acceptors (Lipinski definition) is 3. The molecule has 2 aromatic heterocycles. The Morgan fingerprint density at radius 3 is 1.82 bits per heavy atom. The number of aromatic hydroxyl groups is 1. The van der Waals surface area contributed by atoms with Crippen LogP contribution in [0.1, 0.15) is 117 Å². The maximum absolute atomic E-state index is 11.7. The molecule has 8 rings (SSSR count). The Kier molecular flexibility index (Phi) is 10.4. The molecule has 0 radical (unpaired) electrons. The van der Waals surface area contributed by atoms with Crippen molar-refractivity contribution in [3.63, 3.8) is 0 Å². The number of imidazole rings is 1. The van der Waals surface area contributed by atoms with E-state index in [2.05, 4.69) is 143 Å². The number of hydrogen-bond donors (Lipinski definition) is 1. The van der Waals surface area contributed by atoms with E-state index in [1.165, 1.54) is 11.1 Å². The van der Waals surface area contributed by atoms with Gasteiger partial charge in [0, 0.05) is 25.8 Å². The lowest BCUT2D eigenvalue weighted by Crippen LogP contribution is -2.11. The molecule has 8 aromatic rings. The molecule has 0 aliphatic rings. The second-order valence-corrected chi connectivity index (χ2v) is 19.5. The van der Waals surface area contributed by atoms with Crippen LogP contribution in [0, 0.1) is 13.8 Å². The molecule has 4 nitrogen and oxygen atoms in total. The van der Waals surface area contributed by atoms with Crippen LogP contribution in [0.2, 0.25) is 0 Å². The van der Waals surface area contributed by atoms with Gasteiger partial charge in [-0.15, -0.1) is 0 Å². The smallest absolute Gasteiger partial charge is 0.149 e. The number of aromatic nitrogens is 3. The van der Waals surface area contributed by atoms with Crippen molar-refractivity contribution in [2.24, 2.45) is 0 Å². The van der Waals surface area contributed by atoms with E-state index in [-0.39, 0.29) is 16.6 Å². The first-order valence-corrected chi connectivity index (χ1v) is 21.8. The third-order valence-electron chi connectivity index (χ3n) is 12.2. The standard InChI is InChI=1S/C58H61N3O/c1-35(2)47-15-13-16-48(36(3)4)53(47)40-21-25-46(26-22-40)61-52-18-14-17-49(54(52)60-56(61)50-30-37(5)29-38(6)55(50)62)42-31-43(33-45(32-42)58(10,11)12)51-34-41(27-28-59-51)39-19-23-44(24-20-39)57(7,8)9/h13-36,62H,1-12H3/i35D,36D. The Bertz CT molecular complexity index is 3010. The molecule has 0 unspecified atom stereocenters. The summed E-state index contributed by atoms with van der Waals surface area (Å²) in [5.41, 5.74) is 17.3. The molecule has 0 spiro atoms. The predicted molar refractivity (Wildman–Crippen MR) is 263 cm³/mol. The van der Waals surface area contributed by atoms with Gasteiger partial charge in [0.05, 0.1) is 22.3 Å². The number of phenolic OH excluding ortho intramolecular Hbond substituents is 1. The summed E-state index contributed by atoms with van der Waals surface area (Å²) in [7, 11) is 0. The largest absolute Gasteiger partial charge is 0.507 e. The fraction of sp³-hybridized carbons (Fsp3) is 0.276. The van der Waals surface area contributed by atoms with Crippen molar-refractivity contribution < 1.29 is 7.85 Å². The molecular weight excluding hydrogens is 755 g/mol. The molecular formula is C58H61N3O. The third kappa shape index (κ3) is 8.11.